The van der Waals surface area contributed by atoms with Crippen molar-refractivity contribution in [3.63, 3.8) is 0 Å². The fraction of sp³-hybridized carbons (Fsp3) is 0.750. The van der Waals surface area contributed by atoms with E-state index in [1.807, 2.05) is 0 Å². The molecular weight excluding hydrogens is 382 g/mol. The van der Waals surface area contributed by atoms with Crippen LogP contribution in [0, 0.1) is 0 Å². The molecule has 1 heterocycles. The van der Waals surface area contributed by atoms with Gasteiger partial charge in [-0.15, -0.1) is 11.3 Å². The van der Waals surface area contributed by atoms with E-state index in [4.69, 9.17) is 0 Å². The highest BCUT2D eigenvalue weighted by molar-refractivity contribution is 9.11. The van der Waals surface area contributed by atoms with Crippen molar-refractivity contribution < 1.29 is 8.42 Å². The molecule has 0 saturated heterocycles. The van der Waals surface area contributed by atoms with Gasteiger partial charge in [-0.25, -0.2) is 13.1 Å². The van der Waals surface area contributed by atoms with Crippen LogP contribution >= 0.6 is 27.3 Å². The first-order valence-electron chi connectivity index (χ1n) is 8.35. The molecule has 0 bridgehead atoms. The summed E-state index contributed by atoms with van der Waals surface area (Å²) in [5.74, 6) is 0. The number of nitrogens with one attached hydrogen (secondary N) is 1. The highest BCUT2D eigenvalue weighted by Gasteiger charge is 2.21. The molecule has 0 aromatic carbocycles. The van der Waals surface area contributed by atoms with Crippen molar-refractivity contribution in [1.82, 2.24) is 4.72 Å². The Morgan fingerprint density at radius 1 is 0.909 bits per heavy atom. The second-order valence-corrected chi connectivity index (χ2v) is 10.5. The molecule has 0 radical (unpaired) electrons. The van der Waals surface area contributed by atoms with Crippen LogP contribution in [0.4, 0.5) is 0 Å². The van der Waals surface area contributed by atoms with Gasteiger partial charge in [0.25, 0.3) is 0 Å². The van der Waals surface area contributed by atoms with E-state index in [1.165, 1.54) is 56.3 Å². The molecule has 1 aliphatic carbocycles. The summed E-state index contributed by atoms with van der Waals surface area (Å²) in [4.78, 5) is 0. The maximum absolute atomic E-state index is 12.5. The Labute approximate surface area is 147 Å². The molecule has 0 unspecified atom stereocenters. The number of sulfonamides is 1. The zero-order valence-corrected chi connectivity index (χ0v) is 16.2. The van der Waals surface area contributed by atoms with Gasteiger partial charge in [0, 0.05) is 6.04 Å². The molecule has 2 rings (SSSR count). The first-order chi connectivity index (χ1) is 10.6. The summed E-state index contributed by atoms with van der Waals surface area (Å²) < 4.78 is 29.1. The molecule has 0 amide bonds. The second-order valence-electron chi connectivity index (χ2n) is 6.14. The molecule has 1 aromatic rings. The lowest BCUT2D eigenvalue weighted by atomic mass is 9.98. The van der Waals surface area contributed by atoms with Crippen LogP contribution in [0.2, 0.25) is 0 Å². The quantitative estimate of drug-likeness (QED) is 0.722. The third kappa shape index (κ3) is 6.30. The molecule has 3 nitrogen and oxygen atoms in total. The fourth-order valence-corrected chi connectivity index (χ4v) is 6.33. The smallest absolute Gasteiger partial charge is 0.207 e. The van der Waals surface area contributed by atoms with E-state index in [0.717, 1.165) is 29.5 Å². The predicted octanol–water partition coefficient (Wildman–Crippen LogP) is 5.46. The highest BCUT2D eigenvalue weighted by Crippen LogP contribution is 2.27. The molecule has 6 heteroatoms. The van der Waals surface area contributed by atoms with Crippen molar-refractivity contribution in [2.75, 3.05) is 0 Å². The molecular formula is C16H26BrNO2S2. The molecule has 0 atom stereocenters. The number of hydrogen-bond acceptors (Lipinski definition) is 3. The molecule has 1 fully saturated rings. The minimum atomic E-state index is -3.37. The standard InChI is InChI=1S/C16H26BrNO2S2/c17-15-12-13-16(21-15)22(19,20)18-14-10-8-6-4-2-1-3-5-7-9-11-14/h12-14,18H,1-11H2. The Bertz CT molecular complexity index is 530. The van der Waals surface area contributed by atoms with E-state index in [9.17, 15) is 8.42 Å². The largest absolute Gasteiger partial charge is 0.250 e. The zero-order valence-electron chi connectivity index (χ0n) is 13.0. The van der Waals surface area contributed by atoms with Crippen LogP contribution in [0.15, 0.2) is 20.1 Å². The number of halogens is 1. The van der Waals surface area contributed by atoms with Crippen molar-refractivity contribution in [3.05, 3.63) is 15.9 Å². The SMILES string of the molecule is O=S(=O)(NC1CCCCCCCCCCC1)c1ccc(Br)s1. The van der Waals surface area contributed by atoms with E-state index in [-0.39, 0.29) is 6.04 Å². The Balaban J connectivity index is 1.94. The van der Waals surface area contributed by atoms with Gasteiger partial charge < -0.3 is 0 Å². The van der Waals surface area contributed by atoms with Gasteiger partial charge in [0.2, 0.25) is 10.0 Å². The van der Waals surface area contributed by atoms with Gasteiger partial charge in [-0.3, -0.25) is 0 Å². The van der Waals surface area contributed by atoms with Gasteiger partial charge in [-0.2, -0.15) is 0 Å². The van der Waals surface area contributed by atoms with Crippen molar-refractivity contribution >= 4 is 37.3 Å². The predicted molar refractivity (Wildman–Crippen MR) is 96.9 cm³/mol. The average Bonchev–Trinajstić information content (AvgIpc) is 2.89. The summed E-state index contributed by atoms with van der Waals surface area (Å²) >= 11 is 4.61. The fourth-order valence-electron chi connectivity index (χ4n) is 3.00. The van der Waals surface area contributed by atoms with Crippen LogP contribution in [-0.2, 0) is 10.0 Å². The Hall–Kier alpha value is 0.0900. The summed E-state index contributed by atoms with van der Waals surface area (Å²) in [7, 11) is -3.37. The maximum Gasteiger partial charge on any atom is 0.250 e. The van der Waals surface area contributed by atoms with Crippen molar-refractivity contribution in [2.45, 2.75) is 80.9 Å². The van der Waals surface area contributed by atoms with Crippen molar-refractivity contribution in [2.24, 2.45) is 0 Å². The van der Waals surface area contributed by atoms with E-state index in [2.05, 4.69) is 20.7 Å². The lowest BCUT2D eigenvalue weighted by Gasteiger charge is -2.19. The number of hydrogen-bond donors (Lipinski definition) is 1. The molecule has 1 saturated carbocycles. The molecule has 1 N–H and O–H groups in total. The van der Waals surface area contributed by atoms with Gasteiger partial charge in [-0.1, -0.05) is 57.8 Å². The van der Waals surface area contributed by atoms with E-state index < -0.39 is 10.0 Å². The van der Waals surface area contributed by atoms with Crippen LogP contribution in [0.1, 0.15) is 70.6 Å². The molecule has 126 valence electrons. The Kier molecular flexibility index (Phi) is 7.88. The second kappa shape index (κ2) is 9.40. The van der Waals surface area contributed by atoms with Gasteiger partial charge in [0.05, 0.1) is 3.79 Å². The van der Waals surface area contributed by atoms with Crippen molar-refractivity contribution in [3.8, 4) is 0 Å². The summed E-state index contributed by atoms with van der Waals surface area (Å²) in [6.07, 6.45) is 13.2. The molecule has 1 aromatic heterocycles. The number of rotatable bonds is 3. The van der Waals surface area contributed by atoms with Crippen LogP contribution in [-0.4, -0.2) is 14.5 Å². The Morgan fingerprint density at radius 3 is 1.86 bits per heavy atom. The van der Waals surface area contributed by atoms with Gasteiger partial charge in [-0.05, 0) is 40.9 Å². The average molecular weight is 408 g/mol. The Morgan fingerprint density at radius 2 is 1.41 bits per heavy atom. The summed E-state index contributed by atoms with van der Waals surface area (Å²) in [5, 5.41) is 0. The van der Waals surface area contributed by atoms with Gasteiger partial charge in [0.1, 0.15) is 4.21 Å². The first-order valence-corrected chi connectivity index (χ1v) is 11.4. The molecule has 0 spiro atoms. The van der Waals surface area contributed by atoms with Crippen LogP contribution < -0.4 is 4.72 Å². The van der Waals surface area contributed by atoms with Gasteiger partial charge >= 0.3 is 0 Å². The first kappa shape index (κ1) is 18.4. The van der Waals surface area contributed by atoms with E-state index >= 15 is 0 Å². The third-order valence-electron chi connectivity index (χ3n) is 4.24. The van der Waals surface area contributed by atoms with Crippen LogP contribution in [0.3, 0.4) is 0 Å². The molecule has 0 aliphatic heterocycles. The minimum absolute atomic E-state index is 0.0882. The monoisotopic (exact) mass is 407 g/mol. The van der Waals surface area contributed by atoms with Crippen LogP contribution in [0.5, 0.6) is 0 Å². The normalized spacial score (nSPS) is 20.2. The number of thiophene rings is 1. The topological polar surface area (TPSA) is 46.2 Å². The van der Waals surface area contributed by atoms with E-state index in [1.54, 1.807) is 12.1 Å². The lowest BCUT2D eigenvalue weighted by molar-refractivity contribution is 0.440. The lowest BCUT2D eigenvalue weighted by Crippen LogP contribution is -2.34. The summed E-state index contributed by atoms with van der Waals surface area (Å²) in [6, 6.07) is 3.55. The molecule has 1 aliphatic rings. The van der Waals surface area contributed by atoms with Crippen LogP contribution in [0.25, 0.3) is 0 Å². The summed E-state index contributed by atoms with van der Waals surface area (Å²) in [6.45, 7) is 0. The third-order valence-corrected chi connectivity index (χ3v) is 7.88. The zero-order chi connectivity index (χ0) is 15.8. The van der Waals surface area contributed by atoms with Crippen molar-refractivity contribution in [1.29, 1.82) is 0 Å². The summed E-state index contributed by atoms with van der Waals surface area (Å²) in [5.41, 5.74) is 0. The maximum atomic E-state index is 12.5. The highest BCUT2D eigenvalue weighted by atomic mass is 79.9. The van der Waals surface area contributed by atoms with Gasteiger partial charge in [0.15, 0.2) is 0 Å². The van der Waals surface area contributed by atoms with E-state index in [0.29, 0.717) is 4.21 Å². The minimum Gasteiger partial charge on any atom is -0.207 e. The molecule has 22 heavy (non-hydrogen) atoms.